The zero-order valence-electron chi connectivity index (χ0n) is 9.59. The molecule has 4 atom stereocenters. The Kier molecular flexibility index (Phi) is 3.07. The van der Waals surface area contributed by atoms with Crippen LogP contribution >= 0.6 is 0 Å². The van der Waals surface area contributed by atoms with Gasteiger partial charge in [0.2, 0.25) is 0 Å². The maximum absolute atomic E-state index is 10.9. The molecule has 0 spiro atoms. The smallest absolute Gasteiger partial charge is 0.270 e. The van der Waals surface area contributed by atoms with Crippen molar-refractivity contribution >= 4 is 5.91 Å². The number of hydrogen-bond acceptors (Lipinski definition) is 7. The van der Waals surface area contributed by atoms with Crippen LogP contribution in [0.2, 0.25) is 0 Å². The Morgan fingerprint density at radius 3 is 2.83 bits per heavy atom. The molecule has 9 heteroatoms. The highest BCUT2D eigenvalue weighted by atomic mass is 16.6. The third kappa shape index (κ3) is 1.86. The molecule has 0 radical (unpaired) electrons. The van der Waals surface area contributed by atoms with Gasteiger partial charge in [-0.15, -0.1) is 5.10 Å². The van der Waals surface area contributed by atoms with Crippen LogP contribution in [0.5, 0.6) is 0 Å². The van der Waals surface area contributed by atoms with E-state index in [1.807, 2.05) is 0 Å². The largest absolute Gasteiger partial charge is 0.394 e. The maximum Gasteiger partial charge on any atom is 0.270 e. The first-order chi connectivity index (χ1) is 8.37. The normalized spacial score (nSPS) is 35.9. The first-order valence-electron chi connectivity index (χ1n) is 5.26. The summed E-state index contributed by atoms with van der Waals surface area (Å²) in [6.07, 6.45) is -2.08. The lowest BCUT2D eigenvalue weighted by molar-refractivity contribution is -0.103. The summed E-state index contributed by atoms with van der Waals surface area (Å²) in [4.78, 5) is 10.9. The summed E-state index contributed by atoms with van der Waals surface area (Å²) in [5, 5.41) is 36.0. The summed E-state index contributed by atoms with van der Waals surface area (Å²) in [6, 6.07) is 0. The van der Waals surface area contributed by atoms with E-state index < -0.39 is 36.6 Å². The number of hydrogen-bond donors (Lipinski definition) is 4. The Bertz CT molecular complexity index is 460. The summed E-state index contributed by atoms with van der Waals surface area (Å²) in [5.41, 5.74) is 3.27. The second-order valence-corrected chi connectivity index (χ2v) is 4.33. The number of primary amides is 1. The quantitative estimate of drug-likeness (QED) is 0.464. The molecular weight excluding hydrogens is 244 g/mol. The molecule has 1 fully saturated rings. The third-order valence-corrected chi connectivity index (χ3v) is 2.94. The summed E-state index contributed by atoms with van der Waals surface area (Å²) in [5.74, 6) is -0.766. The molecule has 2 heterocycles. The first-order valence-corrected chi connectivity index (χ1v) is 5.26. The zero-order valence-corrected chi connectivity index (χ0v) is 9.59. The number of aliphatic hydroxyl groups excluding tert-OH is 2. The topological polar surface area (TPSA) is 144 Å². The Balaban J connectivity index is 2.29. The monoisotopic (exact) mass is 258 g/mol. The molecule has 1 aliphatic rings. The van der Waals surface area contributed by atoms with Gasteiger partial charge in [0, 0.05) is 0 Å². The minimum Gasteiger partial charge on any atom is -0.394 e. The number of amides is 1. The predicted molar refractivity (Wildman–Crippen MR) is 56.2 cm³/mol. The van der Waals surface area contributed by atoms with Crippen molar-refractivity contribution in [3.8, 4) is 0 Å². The van der Waals surface area contributed by atoms with Crippen molar-refractivity contribution < 1.29 is 24.9 Å². The molecule has 18 heavy (non-hydrogen) atoms. The molecular formula is C9H14N4O5. The van der Waals surface area contributed by atoms with Gasteiger partial charge in [-0.05, 0) is 6.92 Å². The molecule has 1 amide bonds. The molecule has 100 valence electrons. The molecule has 1 aromatic heterocycles. The van der Waals surface area contributed by atoms with E-state index in [0.29, 0.717) is 0 Å². The van der Waals surface area contributed by atoms with Gasteiger partial charge < -0.3 is 25.8 Å². The summed E-state index contributed by atoms with van der Waals surface area (Å²) in [6.45, 7) is 0.884. The lowest BCUT2D eigenvalue weighted by Gasteiger charge is -2.25. The fraction of sp³-hybridized carbons (Fsp3) is 0.667. The van der Waals surface area contributed by atoms with E-state index in [2.05, 4.69) is 10.3 Å². The second kappa shape index (κ2) is 4.28. The molecule has 1 saturated heterocycles. The van der Waals surface area contributed by atoms with Gasteiger partial charge >= 0.3 is 0 Å². The van der Waals surface area contributed by atoms with E-state index in [0.717, 1.165) is 4.68 Å². The molecule has 0 aliphatic carbocycles. The van der Waals surface area contributed by atoms with Crippen molar-refractivity contribution in [2.45, 2.75) is 31.0 Å². The van der Waals surface area contributed by atoms with Crippen molar-refractivity contribution in [3.63, 3.8) is 0 Å². The molecule has 0 bridgehead atoms. The van der Waals surface area contributed by atoms with Crippen LogP contribution in [0.15, 0.2) is 6.20 Å². The molecule has 1 aromatic rings. The lowest BCUT2D eigenvalue weighted by Crippen LogP contribution is -2.44. The Morgan fingerprint density at radius 2 is 2.39 bits per heavy atom. The van der Waals surface area contributed by atoms with E-state index in [1.165, 1.54) is 13.1 Å². The van der Waals surface area contributed by atoms with Gasteiger partial charge in [0.25, 0.3) is 5.91 Å². The van der Waals surface area contributed by atoms with Crippen LogP contribution in [0.25, 0.3) is 0 Å². The number of nitrogens with two attached hydrogens (primary N) is 1. The number of ether oxygens (including phenoxy) is 1. The highest BCUT2D eigenvalue weighted by molar-refractivity contribution is 5.90. The molecule has 0 unspecified atom stereocenters. The van der Waals surface area contributed by atoms with Gasteiger partial charge in [-0.25, -0.2) is 4.68 Å². The maximum atomic E-state index is 10.9. The molecule has 0 saturated carbocycles. The number of carbonyl (C=O) groups excluding carboxylic acids is 1. The van der Waals surface area contributed by atoms with Crippen LogP contribution in [0.3, 0.4) is 0 Å². The van der Waals surface area contributed by atoms with Crippen LogP contribution in [0, 0.1) is 0 Å². The molecule has 2 rings (SSSR count). The van der Waals surface area contributed by atoms with Gasteiger partial charge in [0.15, 0.2) is 11.9 Å². The Labute approximate surface area is 102 Å². The number of carbonyl (C=O) groups is 1. The van der Waals surface area contributed by atoms with E-state index in [-0.39, 0.29) is 5.69 Å². The van der Waals surface area contributed by atoms with Gasteiger partial charge in [-0.1, -0.05) is 5.21 Å². The van der Waals surface area contributed by atoms with Crippen LogP contribution in [-0.2, 0) is 4.74 Å². The second-order valence-electron chi connectivity index (χ2n) is 4.33. The number of aromatic nitrogens is 3. The van der Waals surface area contributed by atoms with Gasteiger partial charge in [-0.3, -0.25) is 4.79 Å². The minimum absolute atomic E-state index is 0.0867. The van der Waals surface area contributed by atoms with E-state index >= 15 is 0 Å². The van der Waals surface area contributed by atoms with Crippen molar-refractivity contribution in [2.75, 3.05) is 6.61 Å². The highest BCUT2D eigenvalue weighted by Gasteiger charge is 2.53. The van der Waals surface area contributed by atoms with Crippen LogP contribution in [0.1, 0.15) is 23.6 Å². The molecule has 0 aromatic carbocycles. The molecule has 5 N–H and O–H groups in total. The highest BCUT2D eigenvalue weighted by Crippen LogP contribution is 2.37. The minimum atomic E-state index is -1.67. The first kappa shape index (κ1) is 12.9. The zero-order chi connectivity index (χ0) is 13.5. The standard InChI is InChI=1S/C9H14N4O5/c1-9(17)6(15)5(3-14)18-8(9)13-2-4(7(10)16)11-12-13/h2,5-6,8,14-15,17H,3H2,1H3,(H2,10,16)/t5-,6-,8-,9-/m1/s1. The van der Waals surface area contributed by atoms with Gasteiger partial charge in [0.05, 0.1) is 12.8 Å². The number of aliphatic hydroxyl groups is 3. The summed E-state index contributed by atoms with van der Waals surface area (Å²) in [7, 11) is 0. The van der Waals surface area contributed by atoms with E-state index in [1.54, 1.807) is 0 Å². The van der Waals surface area contributed by atoms with Crippen LogP contribution in [-0.4, -0.2) is 60.6 Å². The summed E-state index contributed by atoms with van der Waals surface area (Å²) >= 11 is 0. The van der Waals surface area contributed by atoms with Crippen molar-refractivity contribution in [2.24, 2.45) is 5.73 Å². The average molecular weight is 258 g/mol. The fourth-order valence-corrected chi connectivity index (χ4v) is 1.88. The fourth-order valence-electron chi connectivity index (χ4n) is 1.88. The Morgan fingerprint density at radius 1 is 1.72 bits per heavy atom. The van der Waals surface area contributed by atoms with Crippen molar-refractivity contribution in [3.05, 3.63) is 11.9 Å². The van der Waals surface area contributed by atoms with Crippen LogP contribution < -0.4 is 5.73 Å². The van der Waals surface area contributed by atoms with Crippen molar-refractivity contribution in [1.82, 2.24) is 15.0 Å². The average Bonchev–Trinajstić information content (AvgIpc) is 2.85. The molecule has 1 aliphatic heterocycles. The third-order valence-electron chi connectivity index (χ3n) is 2.94. The van der Waals surface area contributed by atoms with Crippen molar-refractivity contribution in [1.29, 1.82) is 0 Å². The van der Waals surface area contributed by atoms with E-state index in [4.69, 9.17) is 15.6 Å². The van der Waals surface area contributed by atoms with Gasteiger partial charge in [-0.2, -0.15) is 0 Å². The SMILES string of the molecule is C[C@@]1(O)[C@H](O)[C@@H](CO)O[C@H]1n1cc(C(N)=O)nn1. The lowest BCUT2D eigenvalue weighted by atomic mass is 9.97. The molecule has 9 nitrogen and oxygen atoms in total. The predicted octanol–water partition coefficient (Wildman–Crippen LogP) is -2.62. The van der Waals surface area contributed by atoms with Gasteiger partial charge in [0.1, 0.15) is 17.8 Å². The van der Waals surface area contributed by atoms with Crippen LogP contribution in [0.4, 0.5) is 0 Å². The Hall–Kier alpha value is -1.55. The van der Waals surface area contributed by atoms with E-state index in [9.17, 15) is 15.0 Å². The number of nitrogens with zero attached hydrogens (tertiary/aromatic N) is 3. The summed E-state index contributed by atoms with van der Waals surface area (Å²) < 4.78 is 6.36. The number of rotatable bonds is 3.